The maximum Gasteiger partial charge on any atom is 0.178 e. The van der Waals surface area contributed by atoms with Crippen LogP contribution in [0.3, 0.4) is 0 Å². The Morgan fingerprint density at radius 3 is 2.60 bits per heavy atom. The molecule has 3 rings (SSSR count). The number of pyridine rings is 1. The molecule has 94 valence electrons. The molecular weight excluding hydrogens is 248 g/mol. The Bertz CT molecular complexity index is 776. The number of benzene rings is 1. The van der Waals surface area contributed by atoms with Crippen LogP contribution in [-0.4, -0.2) is 15.0 Å². The number of rotatable bonds is 2. The second kappa shape index (κ2) is 5.29. The average Bonchev–Trinajstić information content (AvgIpc) is 2.56. The van der Waals surface area contributed by atoms with E-state index in [0.717, 1.165) is 17.0 Å². The van der Waals surface area contributed by atoms with Gasteiger partial charge in [-0.15, -0.1) is 0 Å². The largest absolute Gasteiger partial charge is 0.253 e. The Hall–Kier alpha value is -3.06. The van der Waals surface area contributed by atoms with Gasteiger partial charge in [0.05, 0.1) is 17.3 Å². The minimum Gasteiger partial charge on any atom is -0.253 e. The van der Waals surface area contributed by atoms with Crippen molar-refractivity contribution in [1.82, 2.24) is 15.0 Å². The molecule has 0 saturated carbocycles. The highest BCUT2D eigenvalue weighted by Gasteiger charge is 2.05. The van der Waals surface area contributed by atoms with E-state index in [1.807, 2.05) is 42.5 Å². The molecule has 0 aliphatic rings. The van der Waals surface area contributed by atoms with Crippen molar-refractivity contribution in [3.8, 4) is 28.8 Å². The molecule has 0 N–H and O–H groups in total. The molecule has 0 fully saturated rings. The van der Waals surface area contributed by atoms with Crippen molar-refractivity contribution in [2.24, 2.45) is 0 Å². The third-order valence-electron chi connectivity index (χ3n) is 2.84. The molecule has 2 heterocycles. The summed E-state index contributed by atoms with van der Waals surface area (Å²) < 4.78 is 0. The number of hydrogen-bond donors (Lipinski definition) is 0. The lowest BCUT2D eigenvalue weighted by Gasteiger charge is -2.03. The highest BCUT2D eigenvalue weighted by Crippen LogP contribution is 2.20. The Morgan fingerprint density at radius 1 is 0.850 bits per heavy atom. The van der Waals surface area contributed by atoms with Crippen molar-refractivity contribution in [3.63, 3.8) is 0 Å². The molecule has 4 heteroatoms. The van der Waals surface area contributed by atoms with E-state index >= 15 is 0 Å². The van der Waals surface area contributed by atoms with E-state index in [2.05, 4.69) is 21.0 Å². The highest BCUT2D eigenvalue weighted by molar-refractivity contribution is 5.63. The smallest absolute Gasteiger partial charge is 0.178 e. The normalized spacial score (nSPS) is 9.95. The summed E-state index contributed by atoms with van der Waals surface area (Å²) in [7, 11) is 0. The van der Waals surface area contributed by atoms with Crippen LogP contribution in [0.5, 0.6) is 0 Å². The summed E-state index contributed by atoms with van der Waals surface area (Å²) in [5.41, 5.74) is 3.01. The predicted molar refractivity (Wildman–Crippen MR) is 75.4 cm³/mol. The van der Waals surface area contributed by atoms with E-state index < -0.39 is 0 Å². The van der Waals surface area contributed by atoms with Crippen LogP contribution in [0, 0.1) is 11.3 Å². The van der Waals surface area contributed by atoms with Crippen LogP contribution >= 0.6 is 0 Å². The van der Waals surface area contributed by atoms with Crippen molar-refractivity contribution in [3.05, 3.63) is 66.5 Å². The summed E-state index contributed by atoms with van der Waals surface area (Å²) in [6, 6.07) is 16.9. The standard InChI is InChI=1S/C16H10N4/c17-11-12-4-3-5-13(10-12)14-7-9-19-16(20-14)15-6-1-2-8-18-15/h1-10H. The molecule has 4 nitrogen and oxygen atoms in total. The van der Waals surface area contributed by atoms with Crippen LogP contribution in [0.1, 0.15) is 5.56 Å². The lowest BCUT2D eigenvalue weighted by molar-refractivity contribution is 1.14. The fourth-order valence-electron chi connectivity index (χ4n) is 1.89. The zero-order valence-corrected chi connectivity index (χ0v) is 10.6. The molecular formula is C16H10N4. The Balaban J connectivity index is 2.06. The summed E-state index contributed by atoms with van der Waals surface area (Å²) in [5, 5.41) is 8.95. The lowest BCUT2D eigenvalue weighted by Crippen LogP contribution is -1.93. The Labute approximate surface area is 116 Å². The third-order valence-corrected chi connectivity index (χ3v) is 2.84. The topological polar surface area (TPSA) is 62.5 Å². The molecule has 3 aromatic rings. The van der Waals surface area contributed by atoms with E-state index in [1.54, 1.807) is 18.5 Å². The lowest BCUT2D eigenvalue weighted by atomic mass is 10.1. The van der Waals surface area contributed by atoms with Gasteiger partial charge in [-0.3, -0.25) is 4.98 Å². The van der Waals surface area contributed by atoms with Gasteiger partial charge in [0.1, 0.15) is 5.69 Å². The first-order valence-corrected chi connectivity index (χ1v) is 6.12. The predicted octanol–water partition coefficient (Wildman–Crippen LogP) is 3.08. The minimum absolute atomic E-state index is 0.575. The van der Waals surface area contributed by atoms with Gasteiger partial charge in [-0.1, -0.05) is 18.2 Å². The molecule has 0 aliphatic carbocycles. The van der Waals surface area contributed by atoms with Crippen LogP contribution in [-0.2, 0) is 0 Å². The van der Waals surface area contributed by atoms with Gasteiger partial charge in [0.15, 0.2) is 5.82 Å². The number of nitriles is 1. The van der Waals surface area contributed by atoms with Crippen LogP contribution in [0.2, 0.25) is 0 Å². The Kier molecular flexibility index (Phi) is 3.17. The molecule has 0 bridgehead atoms. The first-order valence-electron chi connectivity index (χ1n) is 6.12. The zero-order chi connectivity index (χ0) is 13.8. The highest BCUT2D eigenvalue weighted by atomic mass is 14.9. The van der Waals surface area contributed by atoms with Crippen LogP contribution in [0.15, 0.2) is 60.9 Å². The molecule has 0 radical (unpaired) electrons. The first-order chi connectivity index (χ1) is 9.86. The second-order valence-corrected chi connectivity index (χ2v) is 4.17. The quantitative estimate of drug-likeness (QED) is 0.708. The SMILES string of the molecule is N#Cc1cccc(-c2ccnc(-c3ccccn3)n2)c1. The number of aromatic nitrogens is 3. The number of hydrogen-bond acceptors (Lipinski definition) is 4. The van der Waals surface area contributed by atoms with Crippen molar-refractivity contribution in [2.75, 3.05) is 0 Å². The van der Waals surface area contributed by atoms with Crippen LogP contribution in [0.25, 0.3) is 22.8 Å². The molecule has 0 saturated heterocycles. The van der Waals surface area contributed by atoms with Crippen LogP contribution in [0.4, 0.5) is 0 Å². The molecule has 0 amide bonds. The van der Waals surface area contributed by atoms with Gasteiger partial charge < -0.3 is 0 Å². The number of nitrogens with zero attached hydrogens (tertiary/aromatic N) is 4. The van der Waals surface area contributed by atoms with Gasteiger partial charge in [0.25, 0.3) is 0 Å². The summed E-state index contributed by atoms with van der Waals surface area (Å²) in [5.74, 6) is 0.575. The van der Waals surface area contributed by atoms with Gasteiger partial charge in [-0.25, -0.2) is 9.97 Å². The molecule has 20 heavy (non-hydrogen) atoms. The molecule has 1 aromatic carbocycles. The fraction of sp³-hybridized carbons (Fsp3) is 0. The van der Waals surface area contributed by atoms with E-state index in [9.17, 15) is 0 Å². The monoisotopic (exact) mass is 258 g/mol. The first kappa shape index (κ1) is 12.0. The van der Waals surface area contributed by atoms with Crippen molar-refractivity contribution in [1.29, 1.82) is 5.26 Å². The minimum atomic E-state index is 0.575. The van der Waals surface area contributed by atoms with E-state index in [1.165, 1.54) is 0 Å². The van der Waals surface area contributed by atoms with Gasteiger partial charge in [0.2, 0.25) is 0 Å². The van der Waals surface area contributed by atoms with E-state index in [-0.39, 0.29) is 0 Å². The summed E-state index contributed by atoms with van der Waals surface area (Å²) >= 11 is 0. The van der Waals surface area contributed by atoms with Crippen LogP contribution < -0.4 is 0 Å². The van der Waals surface area contributed by atoms with Gasteiger partial charge >= 0.3 is 0 Å². The molecule has 2 aromatic heterocycles. The maximum absolute atomic E-state index is 8.95. The summed E-state index contributed by atoms with van der Waals surface area (Å²) in [4.78, 5) is 13.0. The average molecular weight is 258 g/mol. The van der Waals surface area contributed by atoms with Gasteiger partial charge in [0, 0.05) is 18.0 Å². The molecule has 0 unspecified atom stereocenters. The van der Waals surface area contributed by atoms with Crippen molar-refractivity contribution >= 4 is 0 Å². The molecule has 0 spiro atoms. The van der Waals surface area contributed by atoms with Gasteiger partial charge in [-0.05, 0) is 30.3 Å². The third kappa shape index (κ3) is 2.38. The van der Waals surface area contributed by atoms with E-state index in [4.69, 9.17) is 5.26 Å². The van der Waals surface area contributed by atoms with E-state index in [0.29, 0.717) is 11.4 Å². The second-order valence-electron chi connectivity index (χ2n) is 4.17. The maximum atomic E-state index is 8.95. The van der Waals surface area contributed by atoms with Crippen molar-refractivity contribution in [2.45, 2.75) is 0 Å². The van der Waals surface area contributed by atoms with Gasteiger partial charge in [-0.2, -0.15) is 5.26 Å². The van der Waals surface area contributed by atoms with Crippen molar-refractivity contribution < 1.29 is 0 Å². The molecule has 0 aliphatic heterocycles. The zero-order valence-electron chi connectivity index (χ0n) is 10.6. The fourth-order valence-corrected chi connectivity index (χ4v) is 1.89. The summed E-state index contributed by atoms with van der Waals surface area (Å²) in [6.45, 7) is 0. The summed E-state index contributed by atoms with van der Waals surface area (Å²) in [6.07, 6.45) is 3.41. The molecule has 0 atom stereocenters. The Morgan fingerprint density at radius 2 is 1.80 bits per heavy atom.